The molecule has 4 nitrogen and oxygen atoms in total. The van der Waals surface area contributed by atoms with Crippen molar-refractivity contribution in [3.05, 3.63) is 24.0 Å². The Labute approximate surface area is 106 Å². The van der Waals surface area contributed by atoms with E-state index in [1.54, 1.807) is 0 Å². The van der Waals surface area contributed by atoms with Gasteiger partial charge in [-0.25, -0.2) is 4.98 Å². The van der Waals surface area contributed by atoms with Gasteiger partial charge < -0.3 is 15.4 Å². The van der Waals surface area contributed by atoms with E-state index in [1.807, 2.05) is 25.1 Å². The Morgan fingerprint density at radius 3 is 2.94 bits per heavy atom. The lowest BCUT2D eigenvalue weighted by Crippen LogP contribution is -2.07. The summed E-state index contributed by atoms with van der Waals surface area (Å²) in [6, 6.07) is 6.47. The Kier molecular flexibility index (Phi) is 2.74. The quantitative estimate of drug-likeness (QED) is 0.812. The summed E-state index contributed by atoms with van der Waals surface area (Å²) in [7, 11) is 0. The Morgan fingerprint density at radius 2 is 2.28 bits per heavy atom. The summed E-state index contributed by atoms with van der Waals surface area (Å²) in [5.74, 6) is 1.08. The third kappa shape index (κ3) is 2.08. The zero-order valence-corrected chi connectivity index (χ0v) is 10.6. The van der Waals surface area contributed by atoms with Crippen LogP contribution in [0.3, 0.4) is 0 Å². The average Bonchev–Trinajstić information content (AvgIpc) is 3.08. The lowest BCUT2D eigenvalue weighted by molar-refractivity contribution is 0.183. The van der Waals surface area contributed by atoms with Gasteiger partial charge in [0.1, 0.15) is 5.82 Å². The van der Waals surface area contributed by atoms with Gasteiger partial charge in [0.15, 0.2) is 0 Å². The zero-order chi connectivity index (χ0) is 12.7. The van der Waals surface area contributed by atoms with Crippen LogP contribution in [-0.2, 0) is 6.42 Å². The Bertz CT molecular complexity index is 570. The van der Waals surface area contributed by atoms with Gasteiger partial charge >= 0.3 is 0 Å². The highest BCUT2D eigenvalue weighted by molar-refractivity contribution is 5.80. The monoisotopic (exact) mass is 245 g/mol. The molecule has 96 valence electrons. The van der Waals surface area contributed by atoms with Crippen molar-refractivity contribution in [3.63, 3.8) is 0 Å². The molecule has 18 heavy (non-hydrogen) atoms. The first kappa shape index (κ1) is 11.5. The number of nitrogens with two attached hydrogens (primary N) is 1. The largest absolute Gasteiger partial charge is 0.399 e. The maximum atomic E-state index is 9.42. The first-order valence-corrected chi connectivity index (χ1v) is 6.59. The van der Waals surface area contributed by atoms with Crippen molar-refractivity contribution < 1.29 is 5.11 Å². The smallest absolute Gasteiger partial charge is 0.110 e. The molecule has 3 rings (SSSR count). The number of rotatable bonds is 4. The van der Waals surface area contributed by atoms with Crippen LogP contribution in [0.2, 0.25) is 0 Å². The van der Waals surface area contributed by atoms with Crippen LogP contribution in [-0.4, -0.2) is 20.8 Å². The van der Waals surface area contributed by atoms with Crippen LogP contribution in [0.5, 0.6) is 0 Å². The van der Waals surface area contributed by atoms with Gasteiger partial charge in [-0.3, -0.25) is 0 Å². The predicted octanol–water partition coefficient (Wildman–Crippen LogP) is 2.27. The van der Waals surface area contributed by atoms with E-state index in [1.165, 1.54) is 12.8 Å². The average molecular weight is 245 g/mol. The van der Waals surface area contributed by atoms with Gasteiger partial charge in [0, 0.05) is 18.2 Å². The lowest BCUT2D eigenvalue weighted by Gasteiger charge is -2.08. The van der Waals surface area contributed by atoms with Crippen LogP contribution in [0.15, 0.2) is 18.2 Å². The van der Waals surface area contributed by atoms with Crippen LogP contribution < -0.4 is 5.73 Å². The molecule has 1 fully saturated rings. The molecular formula is C14H19N3O. The first-order chi connectivity index (χ1) is 8.65. The number of fused-ring (bicyclic) bond motifs is 1. The number of nitrogens with zero attached hydrogens (tertiary/aromatic N) is 2. The van der Waals surface area contributed by atoms with E-state index in [0.717, 1.165) is 35.4 Å². The van der Waals surface area contributed by atoms with Gasteiger partial charge in [0.05, 0.1) is 17.1 Å². The molecule has 0 radical (unpaired) electrons. The minimum Gasteiger partial charge on any atom is -0.399 e. The van der Waals surface area contributed by atoms with Crippen LogP contribution >= 0.6 is 0 Å². The SMILES string of the molecule is CC(O)CCc1nc2ccc(N)cc2n1C1CC1. The molecule has 1 saturated carbocycles. The molecule has 1 aliphatic rings. The Balaban J connectivity index is 2.04. The second-order valence-electron chi connectivity index (χ2n) is 5.27. The van der Waals surface area contributed by atoms with Crippen molar-refractivity contribution in [2.24, 2.45) is 0 Å². The van der Waals surface area contributed by atoms with Gasteiger partial charge in [-0.15, -0.1) is 0 Å². The van der Waals surface area contributed by atoms with E-state index >= 15 is 0 Å². The number of hydrogen-bond donors (Lipinski definition) is 2. The molecule has 0 amide bonds. The highest BCUT2D eigenvalue weighted by atomic mass is 16.3. The van der Waals surface area contributed by atoms with Crippen molar-refractivity contribution in [2.75, 3.05) is 5.73 Å². The van der Waals surface area contributed by atoms with Gasteiger partial charge in [-0.05, 0) is 44.4 Å². The molecule has 0 aliphatic heterocycles. The molecule has 2 aromatic rings. The molecule has 1 aromatic heterocycles. The summed E-state index contributed by atoms with van der Waals surface area (Å²) in [5, 5.41) is 9.42. The van der Waals surface area contributed by atoms with E-state index < -0.39 is 0 Å². The van der Waals surface area contributed by atoms with Crippen LogP contribution in [0.4, 0.5) is 5.69 Å². The van der Waals surface area contributed by atoms with Gasteiger partial charge in [-0.2, -0.15) is 0 Å². The van der Waals surface area contributed by atoms with Crippen molar-refractivity contribution in [1.29, 1.82) is 0 Å². The molecule has 1 aliphatic carbocycles. The summed E-state index contributed by atoms with van der Waals surface area (Å²) in [4.78, 5) is 4.68. The van der Waals surface area contributed by atoms with Crippen molar-refractivity contribution in [1.82, 2.24) is 9.55 Å². The molecule has 0 spiro atoms. The maximum Gasteiger partial charge on any atom is 0.110 e. The van der Waals surface area contributed by atoms with Gasteiger partial charge in [0.2, 0.25) is 0 Å². The highest BCUT2D eigenvalue weighted by Gasteiger charge is 2.28. The molecule has 0 bridgehead atoms. The van der Waals surface area contributed by atoms with E-state index in [9.17, 15) is 5.11 Å². The second kappa shape index (κ2) is 4.28. The number of aryl methyl sites for hydroxylation is 1. The van der Waals surface area contributed by atoms with Crippen molar-refractivity contribution in [3.8, 4) is 0 Å². The maximum absolute atomic E-state index is 9.42. The summed E-state index contributed by atoms with van der Waals surface area (Å²) < 4.78 is 2.31. The Hall–Kier alpha value is -1.55. The Morgan fingerprint density at radius 1 is 1.50 bits per heavy atom. The second-order valence-corrected chi connectivity index (χ2v) is 5.27. The summed E-state index contributed by atoms with van der Waals surface area (Å²) in [6.45, 7) is 1.82. The lowest BCUT2D eigenvalue weighted by atomic mass is 10.2. The third-order valence-corrected chi connectivity index (χ3v) is 3.48. The normalized spacial score (nSPS) is 17.2. The van der Waals surface area contributed by atoms with Crippen molar-refractivity contribution in [2.45, 2.75) is 44.8 Å². The minimum atomic E-state index is -0.275. The molecule has 4 heteroatoms. The standard InChI is InChI=1S/C14H19N3O/c1-9(18)2-7-14-16-12-6-3-10(15)8-13(12)17(14)11-4-5-11/h3,6,8-9,11,18H,2,4-5,7,15H2,1H3. The van der Waals surface area contributed by atoms with Crippen molar-refractivity contribution >= 4 is 16.7 Å². The molecule has 1 unspecified atom stereocenters. The summed E-state index contributed by atoms with van der Waals surface area (Å²) in [5.41, 5.74) is 8.80. The number of aliphatic hydroxyl groups excluding tert-OH is 1. The number of aromatic nitrogens is 2. The number of aliphatic hydroxyl groups is 1. The van der Waals surface area contributed by atoms with Crippen LogP contribution in [0.1, 0.15) is 38.1 Å². The fourth-order valence-corrected chi connectivity index (χ4v) is 2.41. The van der Waals surface area contributed by atoms with E-state index in [2.05, 4.69) is 9.55 Å². The number of imidazole rings is 1. The van der Waals surface area contributed by atoms with Crippen LogP contribution in [0, 0.1) is 0 Å². The van der Waals surface area contributed by atoms with E-state index in [-0.39, 0.29) is 6.10 Å². The number of benzene rings is 1. The molecule has 1 atom stereocenters. The molecule has 0 saturated heterocycles. The fraction of sp³-hybridized carbons (Fsp3) is 0.500. The molecule has 1 aromatic carbocycles. The highest BCUT2D eigenvalue weighted by Crippen LogP contribution is 2.39. The van der Waals surface area contributed by atoms with Gasteiger partial charge in [0.25, 0.3) is 0 Å². The first-order valence-electron chi connectivity index (χ1n) is 6.59. The topological polar surface area (TPSA) is 64.1 Å². The van der Waals surface area contributed by atoms with Gasteiger partial charge in [-0.1, -0.05) is 0 Å². The molecule has 3 N–H and O–H groups in total. The fourth-order valence-electron chi connectivity index (χ4n) is 2.41. The third-order valence-electron chi connectivity index (χ3n) is 3.48. The van der Waals surface area contributed by atoms with Crippen LogP contribution in [0.25, 0.3) is 11.0 Å². The zero-order valence-electron chi connectivity index (χ0n) is 10.6. The number of anilines is 1. The number of nitrogen functional groups attached to an aromatic ring is 1. The van der Waals surface area contributed by atoms with E-state index in [0.29, 0.717) is 6.04 Å². The molecule has 1 heterocycles. The molecular weight excluding hydrogens is 226 g/mol. The predicted molar refractivity (Wildman–Crippen MR) is 72.4 cm³/mol. The summed E-state index contributed by atoms with van der Waals surface area (Å²) in [6.07, 6.45) is 3.75. The summed E-state index contributed by atoms with van der Waals surface area (Å²) >= 11 is 0. The minimum absolute atomic E-state index is 0.275. The van der Waals surface area contributed by atoms with E-state index in [4.69, 9.17) is 5.73 Å². The number of hydrogen-bond acceptors (Lipinski definition) is 3.